The van der Waals surface area contributed by atoms with Crippen LogP contribution in [0.4, 0.5) is 0 Å². The molecule has 1 saturated carbocycles. The second kappa shape index (κ2) is 5.51. The number of nitrogens with zero attached hydrogens (tertiary/aromatic N) is 2. The van der Waals surface area contributed by atoms with Gasteiger partial charge in [0.1, 0.15) is 15.9 Å². The smallest absolute Gasteiger partial charge is 0.163 e. The number of aromatic nitrogens is 2. The first-order chi connectivity index (χ1) is 8.16. The SMILES string of the molecule is CCOC1(c2nc(Cl)cc(Cl)n2)CCCCC1. The van der Waals surface area contributed by atoms with Crippen molar-refractivity contribution in [1.82, 2.24) is 9.97 Å². The zero-order valence-corrected chi connectivity index (χ0v) is 11.4. The number of halogens is 2. The molecule has 1 aromatic rings. The van der Waals surface area contributed by atoms with Gasteiger partial charge in [0.2, 0.25) is 0 Å². The molecular weight excluding hydrogens is 259 g/mol. The fourth-order valence-electron chi connectivity index (χ4n) is 2.43. The molecule has 0 saturated heterocycles. The molecule has 0 N–H and O–H groups in total. The molecule has 2 rings (SSSR count). The predicted octanol–water partition coefficient (Wildman–Crippen LogP) is 3.98. The Morgan fingerprint density at radius 1 is 1.18 bits per heavy atom. The maximum atomic E-state index is 5.94. The zero-order chi connectivity index (χ0) is 12.3. The molecule has 1 aliphatic rings. The van der Waals surface area contributed by atoms with E-state index < -0.39 is 0 Å². The molecule has 17 heavy (non-hydrogen) atoms. The van der Waals surface area contributed by atoms with Gasteiger partial charge < -0.3 is 4.74 Å². The van der Waals surface area contributed by atoms with Crippen LogP contribution in [0.25, 0.3) is 0 Å². The predicted molar refractivity (Wildman–Crippen MR) is 68.4 cm³/mol. The molecule has 0 aliphatic heterocycles. The maximum absolute atomic E-state index is 5.94. The van der Waals surface area contributed by atoms with Crippen LogP contribution in [0.2, 0.25) is 10.3 Å². The van der Waals surface area contributed by atoms with Crippen LogP contribution in [0.5, 0.6) is 0 Å². The Hall–Kier alpha value is -0.380. The monoisotopic (exact) mass is 274 g/mol. The molecule has 0 bridgehead atoms. The van der Waals surface area contributed by atoms with Gasteiger partial charge in [0.15, 0.2) is 5.82 Å². The van der Waals surface area contributed by atoms with Gasteiger partial charge >= 0.3 is 0 Å². The summed E-state index contributed by atoms with van der Waals surface area (Å²) in [5.41, 5.74) is -0.387. The van der Waals surface area contributed by atoms with Crippen LogP contribution in [-0.2, 0) is 10.3 Å². The van der Waals surface area contributed by atoms with Gasteiger partial charge in [-0.05, 0) is 19.8 Å². The molecule has 0 atom stereocenters. The van der Waals surface area contributed by atoms with Crippen LogP contribution in [0, 0.1) is 0 Å². The average Bonchev–Trinajstić information content (AvgIpc) is 2.29. The lowest BCUT2D eigenvalue weighted by Gasteiger charge is -2.35. The van der Waals surface area contributed by atoms with Gasteiger partial charge in [0.25, 0.3) is 0 Å². The average molecular weight is 275 g/mol. The highest BCUT2D eigenvalue weighted by atomic mass is 35.5. The summed E-state index contributed by atoms with van der Waals surface area (Å²) < 4.78 is 5.92. The molecule has 1 aliphatic carbocycles. The van der Waals surface area contributed by atoms with E-state index in [0.717, 1.165) is 25.7 Å². The van der Waals surface area contributed by atoms with Crippen molar-refractivity contribution in [3.8, 4) is 0 Å². The quantitative estimate of drug-likeness (QED) is 0.782. The minimum atomic E-state index is -0.387. The number of hydrogen-bond acceptors (Lipinski definition) is 3. The first-order valence-corrected chi connectivity index (χ1v) is 6.76. The summed E-state index contributed by atoms with van der Waals surface area (Å²) in [7, 11) is 0. The normalized spacial score (nSPS) is 19.2. The van der Waals surface area contributed by atoms with E-state index in [2.05, 4.69) is 9.97 Å². The highest BCUT2D eigenvalue weighted by molar-refractivity contribution is 6.33. The van der Waals surface area contributed by atoms with Crippen molar-refractivity contribution in [2.75, 3.05) is 6.61 Å². The van der Waals surface area contributed by atoms with Crippen molar-refractivity contribution in [1.29, 1.82) is 0 Å². The standard InChI is InChI=1S/C12H16Cl2N2O/c1-2-17-12(6-4-3-5-7-12)11-15-9(13)8-10(14)16-11/h8H,2-7H2,1H3. The summed E-state index contributed by atoms with van der Waals surface area (Å²) in [5.74, 6) is 0.636. The Labute approximate surface area is 112 Å². The summed E-state index contributed by atoms with van der Waals surface area (Å²) in [6.07, 6.45) is 5.39. The Morgan fingerprint density at radius 3 is 2.29 bits per heavy atom. The molecule has 5 heteroatoms. The van der Waals surface area contributed by atoms with Crippen LogP contribution in [0.3, 0.4) is 0 Å². The van der Waals surface area contributed by atoms with Crippen LogP contribution in [0.15, 0.2) is 6.07 Å². The lowest BCUT2D eigenvalue weighted by Crippen LogP contribution is -2.34. The fourth-order valence-corrected chi connectivity index (χ4v) is 2.85. The van der Waals surface area contributed by atoms with E-state index in [9.17, 15) is 0 Å². The molecular formula is C12H16Cl2N2O. The Bertz CT molecular complexity index is 366. The summed E-state index contributed by atoms with van der Waals surface area (Å²) in [5, 5.41) is 0.759. The lowest BCUT2D eigenvalue weighted by molar-refractivity contribution is -0.0766. The van der Waals surface area contributed by atoms with Gasteiger partial charge in [0.05, 0.1) is 0 Å². The van der Waals surface area contributed by atoms with E-state index in [1.54, 1.807) is 6.07 Å². The van der Waals surface area contributed by atoms with Crippen molar-refractivity contribution in [3.05, 3.63) is 22.2 Å². The topological polar surface area (TPSA) is 35.0 Å². The van der Waals surface area contributed by atoms with Gasteiger partial charge in [-0.2, -0.15) is 0 Å². The van der Waals surface area contributed by atoms with Gasteiger partial charge in [0, 0.05) is 12.7 Å². The van der Waals surface area contributed by atoms with Crippen molar-refractivity contribution in [2.24, 2.45) is 0 Å². The minimum absolute atomic E-state index is 0.379. The first kappa shape index (κ1) is 13.1. The third-order valence-electron chi connectivity index (χ3n) is 3.15. The first-order valence-electron chi connectivity index (χ1n) is 6.01. The Morgan fingerprint density at radius 2 is 1.76 bits per heavy atom. The summed E-state index contributed by atoms with van der Waals surface area (Å²) in [4.78, 5) is 8.59. The second-order valence-corrected chi connectivity index (χ2v) is 5.10. The Kier molecular flexibility index (Phi) is 4.23. The molecule has 1 fully saturated rings. The highest BCUT2D eigenvalue weighted by Crippen LogP contribution is 2.39. The zero-order valence-electron chi connectivity index (χ0n) is 9.88. The van der Waals surface area contributed by atoms with Gasteiger partial charge in [-0.25, -0.2) is 9.97 Å². The third-order valence-corrected chi connectivity index (χ3v) is 3.54. The third kappa shape index (κ3) is 2.90. The summed E-state index contributed by atoms with van der Waals surface area (Å²) >= 11 is 11.9. The Balaban J connectivity index is 2.37. The van der Waals surface area contributed by atoms with E-state index >= 15 is 0 Å². The van der Waals surface area contributed by atoms with Crippen LogP contribution >= 0.6 is 23.2 Å². The molecule has 0 amide bonds. The van der Waals surface area contributed by atoms with Crippen LogP contribution in [0.1, 0.15) is 44.9 Å². The minimum Gasteiger partial charge on any atom is -0.367 e. The van der Waals surface area contributed by atoms with E-state index in [1.807, 2.05) is 6.92 Å². The van der Waals surface area contributed by atoms with E-state index in [4.69, 9.17) is 27.9 Å². The fraction of sp³-hybridized carbons (Fsp3) is 0.667. The van der Waals surface area contributed by atoms with E-state index in [0.29, 0.717) is 22.7 Å². The van der Waals surface area contributed by atoms with Crippen LogP contribution in [-0.4, -0.2) is 16.6 Å². The number of ether oxygens (including phenoxy) is 1. The van der Waals surface area contributed by atoms with Crippen molar-refractivity contribution >= 4 is 23.2 Å². The molecule has 94 valence electrons. The molecule has 1 heterocycles. The van der Waals surface area contributed by atoms with Crippen molar-refractivity contribution < 1.29 is 4.74 Å². The molecule has 0 unspecified atom stereocenters. The maximum Gasteiger partial charge on any atom is 0.163 e. The molecule has 0 radical (unpaired) electrons. The van der Waals surface area contributed by atoms with Crippen LogP contribution < -0.4 is 0 Å². The summed E-state index contributed by atoms with van der Waals surface area (Å²) in [6, 6.07) is 1.55. The highest BCUT2D eigenvalue weighted by Gasteiger charge is 2.37. The number of hydrogen-bond donors (Lipinski definition) is 0. The van der Waals surface area contributed by atoms with Gasteiger partial charge in [-0.1, -0.05) is 42.5 Å². The van der Waals surface area contributed by atoms with Crippen molar-refractivity contribution in [2.45, 2.75) is 44.6 Å². The van der Waals surface area contributed by atoms with E-state index in [-0.39, 0.29) is 5.60 Å². The summed E-state index contributed by atoms with van der Waals surface area (Å²) in [6.45, 7) is 2.63. The van der Waals surface area contributed by atoms with Crippen molar-refractivity contribution in [3.63, 3.8) is 0 Å². The van der Waals surface area contributed by atoms with Gasteiger partial charge in [-0.15, -0.1) is 0 Å². The second-order valence-electron chi connectivity index (χ2n) is 4.32. The molecule has 0 aromatic carbocycles. The molecule has 1 aromatic heterocycles. The van der Waals surface area contributed by atoms with Gasteiger partial charge in [-0.3, -0.25) is 0 Å². The largest absolute Gasteiger partial charge is 0.367 e. The molecule has 0 spiro atoms. The number of rotatable bonds is 3. The van der Waals surface area contributed by atoms with E-state index in [1.165, 1.54) is 6.42 Å². The lowest BCUT2D eigenvalue weighted by atomic mass is 9.84. The molecule has 3 nitrogen and oxygen atoms in total.